The molecule has 5 nitrogen and oxygen atoms in total. The van der Waals surface area contributed by atoms with Crippen molar-refractivity contribution in [2.75, 3.05) is 14.2 Å². The third-order valence-electron chi connectivity index (χ3n) is 0.817. The van der Waals surface area contributed by atoms with E-state index in [2.05, 4.69) is 16.3 Å². The van der Waals surface area contributed by atoms with Crippen molar-refractivity contribution in [3.8, 4) is 0 Å². The molecule has 0 saturated carbocycles. The minimum atomic E-state index is -0.567. The Kier molecular flexibility index (Phi) is 3.90. The number of hydrogen-bond acceptors (Lipinski definition) is 4. The summed E-state index contributed by atoms with van der Waals surface area (Å²) in [5, 5.41) is 1.20. The van der Waals surface area contributed by atoms with Gasteiger partial charge in [-0.25, -0.2) is 15.6 Å². The summed E-state index contributed by atoms with van der Waals surface area (Å²) in [5.41, 5.74) is 0.0183. The van der Waals surface area contributed by atoms with E-state index >= 15 is 0 Å². The van der Waals surface area contributed by atoms with E-state index in [1.54, 1.807) is 7.05 Å². The van der Waals surface area contributed by atoms with Crippen molar-refractivity contribution in [1.29, 1.82) is 0 Å². The molecule has 2 N–H and O–H groups in total. The zero-order valence-corrected chi connectivity index (χ0v) is 6.57. The summed E-state index contributed by atoms with van der Waals surface area (Å²) in [6, 6.07) is 0. The van der Waals surface area contributed by atoms with Crippen molar-refractivity contribution in [3.63, 3.8) is 0 Å². The molecular formula is C6H11N3O2. The molecule has 0 aliphatic carbocycles. The summed E-state index contributed by atoms with van der Waals surface area (Å²) in [7, 11) is 2.84. The molecule has 5 heteroatoms. The highest BCUT2D eigenvalue weighted by Crippen LogP contribution is 1.93. The molecule has 0 radical (unpaired) electrons. The van der Waals surface area contributed by atoms with E-state index in [1.807, 2.05) is 0 Å². The van der Waals surface area contributed by atoms with Crippen LogP contribution >= 0.6 is 0 Å². The predicted molar refractivity (Wildman–Crippen MR) is 41.6 cm³/mol. The van der Waals surface area contributed by atoms with Crippen LogP contribution in [0.15, 0.2) is 17.3 Å². The zero-order chi connectivity index (χ0) is 8.85. The lowest BCUT2D eigenvalue weighted by Gasteiger charge is -2.02. The minimum absolute atomic E-state index is 0.0183. The number of hydrazine groups is 1. The molecule has 0 unspecified atom stereocenters. The number of methoxy groups -OCH3 is 1. The van der Waals surface area contributed by atoms with Crippen LogP contribution in [-0.2, 0) is 9.53 Å². The molecular weight excluding hydrogens is 146 g/mol. The highest BCUT2D eigenvalue weighted by Gasteiger charge is 2.02. The van der Waals surface area contributed by atoms with Crippen LogP contribution in [0.5, 0.6) is 0 Å². The molecule has 0 aromatic heterocycles. The Morgan fingerprint density at radius 2 is 2.36 bits per heavy atom. The number of carbonyl (C=O) groups excluding carboxylic acids is 1. The first-order chi connectivity index (χ1) is 5.07. The van der Waals surface area contributed by atoms with Gasteiger partial charge < -0.3 is 9.75 Å². The van der Waals surface area contributed by atoms with Crippen LogP contribution in [0.2, 0.25) is 0 Å². The SMILES string of the molecule is C=C(N=CN(C)N)C(=O)OC. The van der Waals surface area contributed by atoms with E-state index in [0.717, 1.165) is 0 Å². The highest BCUT2D eigenvalue weighted by molar-refractivity contribution is 5.88. The second-order valence-electron chi connectivity index (χ2n) is 1.85. The van der Waals surface area contributed by atoms with Gasteiger partial charge in [-0.3, -0.25) is 0 Å². The Labute approximate surface area is 65.1 Å². The topological polar surface area (TPSA) is 67.9 Å². The fourth-order valence-corrected chi connectivity index (χ4v) is 0.331. The van der Waals surface area contributed by atoms with Gasteiger partial charge in [0.05, 0.1) is 7.11 Å². The first-order valence-corrected chi connectivity index (χ1v) is 2.87. The maximum atomic E-state index is 10.6. The Morgan fingerprint density at radius 1 is 1.82 bits per heavy atom. The molecule has 62 valence electrons. The smallest absolute Gasteiger partial charge is 0.356 e. The van der Waals surface area contributed by atoms with Crippen molar-refractivity contribution in [1.82, 2.24) is 5.01 Å². The van der Waals surface area contributed by atoms with Gasteiger partial charge in [0.15, 0.2) is 0 Å². The molecule has 0 saturated heterocycles. The van der Waals surface area contributed by atoms with E-state index < -0.39 is 5.97 Å². The zero-order valence-electron chi connectivity index (χ0n) is 6.57. The molecule has 0 aromatic carbocycles. The molecule has 0 aromatic rings. The predicted octanol–water partition coefficient (Wildman–Crippen LogP) is -0.493. The minimum Gasteiger partial charge on any atom is -0.464 e. The summed E-state index contributed by atoms with van der Waals surface area (Å²) >= 11 is 0. The average Bonchev–Trinajstić information content (AvgIpc) is 1.98. The van der Waals surface area contributed by atoms with Crippen LogP contribution in [0, 0.1) is 0 Å². The van der Waals surface area contributed by atoms with Gasteiger partial charge in [-0.2, -0.15) is 0 Å². The number of aliphatic imine (C=N–C) groups is 1. The number of esters is 1. The van der Waals surface area contributed by atoms with Gasteiger partial charge in [0.2, 0.25) is 0 Å². The van der Waals surface area contributed by atoms with Crippen LogP contribution in [0.25, 0.3) is 0 Å². The van der Waals surface area contributed by atoms with Crippen molar-refractivity contribution in [2.24, 2.45) is 10.8 Å². The van der Waals surface area contributed by atoms with Crippen LogP contribution in [0.1, 0.15) is 0 Å². The van der Waals surface area contributed by atoms with Crippen molar-refractivity contribution >= 4 is 12.3 Å². The molecule has 0 spiro atoms. The van der Waals surface area contributed by atoms with Gasteiger partial charge in [-0.1, -0.05) is 6.58 Å². The normalized spacial score (nSPS) is 9.73. The Balaban J connectivity index is 3.97. The van der Waals surface area contributed by atoms with Gasteiger partial charge >= 0.3 is 5.97 Å². The lowest BCUT2D eigenvalue weighted by Crippen LogP contribution is -2.24. The van der Waals surface area contributed by atoms with Gasteiger partial charge in [-0.05, 0) is 0 Å². The summed E-state index contributed by atoms with van der Waals surface area (Å²) in [6.07, 6.45) is 1.26. The fourth-order valence-electron chi connectivity index (χ4n) is 0.331. The van der Waals surface area contributed by atoms with Gasteiger partial charge in [-0.15, -0.1) is 0 Å². The molecule has 0 fully saturated rings. The number of hydrogen-bond donors (Lipinski definition) is 1. The summed E-state index contributed by atoms with van der Waals surface area (Å²) in [4.78, 5) is 14.2. The molecule has 0 amide bonds. The second-order valence-corrected chi connectivity index (χ2v) is 1.85. The van der Waals surface area contributed by atoms with Crippen LogP contribution in [0.4, 0.5) is 0 Å². The number of carbonyl (C=O) groups is 1. The Bertz CT molecular complexity index is 186. The lowest BCUT2D eigenvalue weighted by molar-refractivity contribution is -0.136. The van der Waals surface area contributed by atoms with Gasteiger partial charge in [0.1, 0.15) is 12.0 Å². The second kappa shape index (κ2) is 4.45. The molecule has 11 heavy (non-hydrogen) atoms. The number of nitrogens with zero attached hydrogens (tertiary/aromatic N) is 2. The van der Waals surface area contributed by atoms with E-state index in [-0.39, 0.29) is 5.70 Å². The van der Waals surface area contributed by atoms with Crippen LogP contribution in [0.3, 0.4) is 0 Å². The third kappa shape index (κ3) is 4.10. The van der Waals surface area contributed by atoms with E-state index in [4.69, 9.17) is 5.84 Å². The van der Waals surface area contributed by atoms with Gasteiger partial charge in [0, 0.05) is 7.05 Å². The first kappa shape index (κ1) is 9.64. The maximum Gasteiger partial charge on any atom is 0.356 e. The number of nitrogens with two attached hydrogens (primary N) is 1. The number of ether oxygens (including phenoxy) is 1. The van der Waals surface area contributed by atoms with Gasteiger partial charge in [0.25, 0.3) is 0 Å². The van der Waals surface area contributed by atoms with Crippen LogP contribution < -0.4 is 5.84 Å². The van der Waals surface area contributed by atoms with Crippen molar-refractivity contribution < 1.29 is 9.53 Å². The largest absolute Gasteiger partial charge is 0.464 e. The first-order valence-electron chi connectivity index (χ1n) is 2.87. The van der Waals surface area contributed by atoms with E-state index in [1.165, 1.54) is 18.5 Å². The molecule has 0 heterocycles. The van der Waals surface area contributed by atoms with E-state index in [0.29, 0.717) is 0 Å². The summed E-state index contributed by atoms with van der Waals surface area (Å²) in [6.45, 7) is 3.34. The molecule has 0 atom stereocenters. The summed E-state index contributed by atoms with van der Waals surface area (Å²) in [5.74, 6) is 4.61. The molecule has 0 rings (SSSR count). The Hall–Kier alpha value is -1.36. The van der Waals surface area contributed by atoms with Crippen LogP contribution in [-0.4, -0.2) is 31.5 Å². The monoisotopic (exact) mass is 157 g/mol. The van der Waals surface area contributed by atoms with Crippen molar-refractivity contribution in [2.45, 2.75) is 0 Å². The maximum absolute atomic E-state index is 10.6. The molecule has 0 bridgehead atoms. The highest BCUT2D eigenvalue weighted by atomic mass is 16.5. The average molecular weight is 157 g/mol. The molecule has 0 aliphatic rings. The lowest BCUT2D eigenvalue weighted by atomic mass is 10.5. The van der Waals surface area contributed by atoms with Crippen molar-refractivity contribution in [3.05, 3.63) is 12.3 Å². The quantitative estimate of drug-likeness (QED) is 0.150. The fraction of sp³-hybridized carbons (Fsp3) is 0.333. The summed E-state index contributed by atoms with van der Waals surface area (Å²) < 4.78 is 4.33. The number of rotatable bonds is 3. The molecule has 0 aliphatic heterocycles. The third-order valence-corrected chi connectivity index (χ3v) is 0.817. The van der Waals surface area contributed by atoms with E-state index in [9.17, 15) is 4.79 Å². The Morgan fingerprint density at radius 3 is 2.73 bits per heavy atom. The standard InChI is InChI=1S/C6H11N3O2/c1-5(6(10)11-3)8-4-9(2)7/h4H,1,7H2,2-3H3.